The number of nitrogens with one attached hydrogen (secondary N) is 2. The van der Waals surface area contributed by atoms with Crippen LogP contribution in [0, 0.1) is 5.92 Å². The van der Waals surface area contributed by atoms with E-state index in [-0.39, 0.29) is 5.75 Å². The number of hydrogen-bond donors (Lipinski definition) is 2. The summed E-state index contributed by atoms with van der Waals surface area (Å²) in [4.78, 5) is 0. The molecular formula is C6H13N2O2S-. The van der Waals surface area contributed by atoms with Crippen molar-refractivity contribution in [2.45, 2.75) is 0 Å². The van der Waals surface area contributed by atoms with Crippen molar-refractivity contribution in [2.24, 2.45) is 5.92 Å². The first-order valence-electron chi connectivity index (χ1n) is 3.76. The second kappa shape index (κ2) is 4.82. The van der Waals surface area contributed by atoms with Gasteiger partial charge in [0.25, 0.3) is 0 Å². The first-order chi connectivity index (χ1) is 5.29. The number of rotatable bonds is 5. The van der Waals surface area contributed by atoms with Crippen LogP contribution < -0.4 is 10.6 Å². The maximum atomic E-state index is 10.1. The van der Waals surface area contributed by atoms with Crippen LogP contribution in [0.25, 0.3) is 0 Å². The molecule has 1 atom stereocenters. The molecule has 1 rings (SSSR count). The van der Waals surface area contributed by atoms with Gasteiger partial charge >= 0.3 is 0 Å². The van der Waals surface area contributed by atoms with E-state index >= 15 is 0 Å². The molecule has 0 aliphatic carbocycles. The highest BCUT2D eigenvalue weighted by Crippen LogP contribution is 1.98. The van der Waals surface area contributed by atoms with Crippen LogP contribution in [0.1, 0.15) is 0 Å². The van der Waals surface area contributed by atoms with E-state index in [0.717, 1.165) is 19.6 Å². The molecule has 66 valence electrons. The van der Waals surface area contributed by atoms with Crippen molar-refractivity contribution < 1.29 is 8.76 Å². The van der Waals surface area contributed by atoms with Gasteiger partial charge in [-0.25, -0.2) is 0 Å². The van der Waals surface area contributed by atoms with Crippen molar-refractivity contribution in [3.63, 3.8) is 0 Å². The molecule has 0 amide bonds. The quantitative estimate of drug-likeness (QED) is 0.403. The summed E-state index contributed by atoms with van der Waals surface area (Å²) in [5.41, 5.74) is 0. The summed E-state index contributed by atoms with van der Waals surface area (Å²) in [6.07, 6.45) is 0. The predicted molar refractivity (Wildman–Crippen MR) is 43.0 cm³/mol. The summed E-state index contributed by atoms with van der Waals surface area (Å²) in [5, 5.41) is 6.23. The molecule has 1 aliphatic rings. The summed E-state index contributed by atoms with van der Waals surface area (Å²) < 4.78 is 20.2. The lowest BCUT2D eigenvalue weighted by molar-refractivity contribution is 0.334. The summed E-state index contributed by atoms with van der Waals surface area (Å²) in [6, 6.07) is 0. The molecule has 0 aromatic heterocycles. The van der Waals surface area contributed by atoms with Gasteiger partial charge in [0.2, 0.25) is 0 Å². The normalized spacial score (nSPS) is 21.2. The van der Waals surface area contributed by atoms with Gasteiger partial charge in [-0.3, -0.25) is 4.21 Å². The van der Waals surface area contributed by atoms with E-state index in [0.29, 0.717) is 12.5 Å². The second-order valence-corrected chi connectivity index (χ2v) is 3.75. The summed E-state index contributed by atoms with van der Waals surface area (Å²) in [7, 11) is 0. The Morgan fingerprint density at radius 3 is 2.82 bits per heavy atom. The lowest BCUT2D eigenvalue weighted by Gasteiger charge is -2.27. The van der Waals surface area contributed by atoms with Crippen molar-refractivity contribution >= 4 is 11.1 Å². The smallest absolute Gasteiger partial charge is 0.0227 e. The minimum absolute atomic E-state index is 0.222. The lowest BCUT2D eigenvalue weighted by atomic mass is 10.0. The largest absolute Gasteiger partial charge is 0.772 e. The molecule has 1 saturated heterocycles. The lowest BCUT2D eigenvalue weighted by Crippen LogP contribution is -2.47. The molecule has 1 unspecified atom stereocenters. The van der Waals surface area contributed by atoms with Crippen LogP contribution in [0.3, 0.4) is 0 Å². The van der Waals surface area contributed by atoms with Gasteiger partial charge in [-0.15, -0.1) is 0 Å². The molecular weight excluding hydrogens is 164 g/mol. The highest BCUT2D eigenvalue weighted by atomic mass is 32.2. The molecule has 0 aromatic carbocycles. The molecule has 0 bridgehead atoms. The van der Waals surface area contributed by atoms with Gasteiger partial charge in [-0.2, -0.15) is 0 Å². The van der Waals surface area contributed by atoms with Gasteiger partial charge in [0, 0.05) is 31.9 Å². The zero-order valence-corrected chi connectivity index (χ0v) is 7.15. The third kappa shape index (κ3) is 3.81. The average Bonchev–Trinajstić information content (AvgIpc) is 1.82. The maximum absolute atomic E-state index is 10.1. The molecule has 1 fully saturated rings. The van der Waals surface area contributed by atoms with Crippen molar-refractivity contribution in [2.75, 3.05) is 31.9 Å². The van der Waals surface area contributed by atoms with Crippen LogP contribution in [-0.4, -0.2) is 40.7 Å². The van der Waals surface area contributed by atoms with Crippen LogP contribution in [0.15, 0.2) is 0 Å². The van der Waals surface area contributed by atoms with Gasteiger partial charge in [-0.05, 0) is 5.92 Å². The third-order valence-electron chi connectivity index (χ3n) is 1.74. The Hall–Kier alpha value is 0.0300. The zero-order valence-electron chi connectivity index (χ0n) is 6.34. The Morgan fingerprint density at radius 1 is 1.64 bits per heavy atom. The van der Waals surface area contributed by atoms with E-state index in [1.807, 2.05) is 0 Å². The van der Waals surface area contributed by atoms with Gasteiger partial charge in [-0.1, -0.05) is 11.1 Å². The molecule has 0 spiro atoms. The van der Waals surface area contributed by atoms with Crippen molar-refractivity contribution in [1.29, 1.82) is 0 Å². The van der Waals surface area contributed by atoms with E-state index in [1.165, 1.54) is 0 Å². The van der Waals surface area contributed by atoms with Gasteiger partial charge in [0.05, 0.1) is 0 Å². The molecule has 0 radical (unpaired) electrons. The van der Waals surface area contributed by atoms with Crippen LogP contribution in [0.4, 0.5) is 0 Å². The minimum Gasteiger partial charge on any atom is -0.772 e. The predicted octanol–water partition coefficient (Wildman–Crippen LogP) is -1.33. The van der Waals surface area contributed by atoms with Gasteiger partial charge in [0.1, 0.15) is 0 Å². The Kier molecular flexibility index (Phi) is 3.99. The molecule has 11 heavy (non-hydrogen) atoms. The Bertz CT molecular complexity index is 139. The maximum Gasteiger partial charge on any atom is 0.0227 e. The molecule has 1 heterocycles. The summed E-state index contributed by atoms with van der Waals surface area (Å²) in [5.74, 6) is 0.926. The Balaban J connectivity index is 1.83. The fourth-order valence-corrected chi connectivity index (χ4v) is 1.27. The molecule has 2 N–H and O–H groups in total. The van der Waals surface area contributed by atoms with Crippen LogP contribution in [0.5, 0.6) is 0 Å². The monoisotopic (exact) mass is 177 g/mol. The number of hydrogen-bond acceptors (Lipinski definition) is 4. The Morgan fingerprint density at radius 2 is 2.36 bits per heavy atom. The topological polar surface area (TPSA) is 64.2 Å². The van der Waals surface area contributed by atoms with Crippen molar-refractivity contribution in [3.05, 3.63) is 0 Å². The van der Waals surface area contributed by atoms with E-state index in [9.17, 15) is 8.76 Å². The first-order valence-corrected chi connectivity index (χ1v) is 5.00. The van der Waals surface area contributed by atoms with E-state index in [1.54, 1.807) is 0 Å². The van der Waals surface area contributed by atoms with E-state index in [2.05, 4.69) is 10.6 Å². The van der Waals surface area contributed by atoms with Gasteiger partial charge in [0.15, 0.2) is 0 Å². The first kappa shape index (κ1) is 9.12. The van der Waals surface area contributed by atoms with Crippen LogP contribution in [-0.2, 0) is 11.1 Å². The second-order valence-electron chi connectivity index (χ2n) is 2.74. The highest BCUT2D eigenvalue weighted by Gasteiger charge is 2.14. The van der Waals surface area contributed by atoms with Crippen LogP contribution in [0.2, 0.25) is 0 Å². The van der Waals surface area contributed by atoms with E-state index < -0.39 is 11.1 Å². The molecule has 4 nitrogen and oxygen atoms in total. The fourth-order valence-electron chi connectivity index (χ4n) is 0.954. The standard InChI is InChI=1S/C6H14N2O2S/c9-11(10)2-1-7-3-6-4-8-5-6/h6-8H,1-5H2,(H,9,10)/p-1. The van der Waals surface area contributed by atoms with Crippen LogP contribution >= 0.6 is 0 Å². The van der Waals surface area contributed by atoms with Gasteiger partial charge < -0.3 is 15.2 Å². The SMILES string of the molecule is O=S([O-])CCNCC1CNC1. The minimum atomic E-state index is -1.89. The molecule has 5 heteroatoms. The highest BCUT2D eigenvalue weighted by molar-refractivity contribution is 7.79. The fraction of sp³-hybridized carbons (Fsp3) is 1.00. The molecule has 0 saturated carbocycles. The molecule has 1 aliphatic heterocycles. The Labute approximate surface area is 69.0 Å². The molecule has 0 aromatic rings. The summed E-state index contributed by atoms with van der Waals surface area (Å²) >= 11 is -1.89. The summed E-state index contributed by atoms with van der Waals surface area (Å²) in [6.45, 7) is 3.64. The van der Waals surface area contributed by atoms with Crippen molar-refractivity contribution in [1.82, 2.24) is 10.6 Å². The average molecular weight is 177 g/mol. The van der Waals surface area contributed by atoms with E-state index in [4.69, 9.17) is 0 Å². The van der Waals surface area contributed by atoms with Crippen molar-refractivity contribution in [3.8, 4) is 0 Å². The zero-order chi connectivity index (χ0) is 8.10. The third-order valence-corrected chi connectivity index (χ3v) is 2.28.